The topological polar surface area (TPSA) is 67.7 Å². The Hall–Kier alpha value is -2.53. The molecule has 0 aromatic heterocycles. The molecule has 1 aromatic rings. The molecular formula is C19H22F2N4O2. The first kappa shape index (κ1) is 19.2. The van der Waals surface area contributed by atoms with Crippen LogP contribution in [0.4, 0.5) is 14.5 Å². The number of benzene rings is 1. The summed E-state index contributed by atoms with van der Waals surface area (Å²) in [5.74, 6) is -1.34. The van der Waals surface area contributed by atoms with Crippen LogP contribution in [0.3, 0.4) is 0 Å². The zero-order valence-corrected chi connectivity index (χ0v) is 15.4. The molecule has 0 radical (unpaired) electrons. The molecule has 2 aliphatic heterocycles. The van der Waals surface area contributed by atoms with Gasteiger partial charge in [-0.15, -0.1) is 0 Å². The van der Waals surface area contributed by atoms with E-state index in [1.54, 1.807) is 12.1 Å². The van der Waals surface area contributed by atoms with Gasteiger partial charge in [-0.2, -0.15) is 5.26 Å². The van der Waals surface area contributed by atoms with Crippen molar-refractivity contribution >= 4 is 17.5 Å². The van der Waals surface area contributed by atoms with Crippen LogP contribution in [0.25, 0.3) is 0 Å². The van der Waals surface area contributed by atoms with Gasteiger partial charge < -0.3 is 14.7 Å². The number of hydrogen-bond donors (Lipinski definition) is 0. The number of alkyl halides is 2. The van der Waals surface area contributed by atoms with E-state index in [1.165, 1.54) is 12.1 Å². The number of nitrogens with zero attached hydrogens (tertiary/aromatic N) is 4. The van der Waals surface area contributed by atoms with Crippen LogP contribution in [0.1, 0.15) is 18.4 Å². The van der Waals surface area contributed by atoms with Crippen LogP contribution >= 0.6 is 0 Å². The Morgan fingerprint density at radius 1 is 1.30 bits per heavy atom. The third-order valence-electron chi connectivity index (χ3n) is 5.19. The molecule has 8 heteroatoms. The molecule has 3 rings (SSSR count). The highest BCUT2D eigenvalue weighted by Gasteiger charge is 2.71. The lowest BCUT2D eigenvalue weighted by molar-refractivity contribution is -0.132. The Bertz CT molecular complexity index is 809. The van der Waals surface area contributed by atoms with E-state index in [-0.39, 0.29) is 18.0 Å². The number of hydrogen-bond acceptors (Lipinski definition) is 4. The summed E-state index contributed by atoms with van der Waals surface area (Å²) in [6.45, 7) is -0.788. The molecule has 2 fully saturated rings. The fourth-order valence-corrected chi connectivity index (χ4v) is 3.69. The van der Waals surface area contributed by atoms with E-state index in [4.69, 9.17) is 5.26 Å². The van der Waals surface area contributed by atoms with E-state index >= 15 is 8.78 Å². The smallest absolute Gasteiger partial charge is 0.270 e. The second-order valence-corrected chi connectivity index (χ2v) is 7.48. The van der Waals surface area contributed by atoms with Crippen LogP contribution in [0, 0.1) is 11.3 Å². The number of carbonyl (C=O) groups excluding carboxylic acids is 2. The lowest BCUT2D eigenvalue weighted by atomic mass is 9.93. The monoisotopic (exact) mass is 376 g/mol. The molecule has 0 aliphatic carbocycles. The molecule has 2 atom stereocenters. The second kappa shape index (κ2) is 6.89. The standard InChI is InChI=1S/C19H22F2N4O2/c1-23(2)8-4-7-16(26)24-11-18(20)12-25(17(27)19(18,21)13-24)15-6-3-5-14(9-15)10-22/h3,5-6,9H,4,7-8,11-13H2,1-2H3/t18-,19+/m0/s1. The minimum Gasteiger partial charge on any atom is -0.335 e. The highest BCUT2D eigenvalue weighted by atomic mass is 19.2. The summed E-state index contributed by atoms with van der Waals surface area (Å²) < 4.78 is 30.8. The van der Waals surface area contributed by atoms with E-state index in [2.05, 4.69) is 0 Å². The zero-order valence-electron chi connectivity index (χ0n) is 15.4. The molecule has 2 heterocycles. The second-order valence-electron chi connectivity index (χ2n) is 7.48. The molecular weight excluding hydrogens is 354 g/mol. The Labute approximate surface area is 156 Å². The SMILES string of the molecule is CN(C)CCCC(=O)N1C[C@]2(F)CN(c3cccc(C#N)c3)C(=O)[C@]2(F)C1. The molecule has 0 bridgehead atoms. The van der Waals surface area contributed by atoms with Gasteiger partial charge in [-0.1, -0.05) is 6.07 Å². The van der Waals surface area contributed by atoms with Crippen LogP contribution in [0.2, 0.25) is 0 Å². The van der Waals surface area contributed by atoms with Gasteiger partial charge >= 0.3 is 0 Å². The van der Waals surface area contributed by atoms with Crippen molar-refractivity contribution in [2.24, 2.45) is 0 Å². The first-order valence-corrected chi connectivity index (χ1v) is 8.83. The van der Waals surface area contributed by atoms with Crippen molar-refractivity contribution in [1.29, 1.82) is 5.26 Å². The maximum atomic E-state index is 15.4. The Balaban J connectivity index is 1.75. The van der Waals surface area contributed by atoms with Crippen molar-refractivity contribution in [2.45, 2.75) is 24.2 Å². The molecule has 0 N–H and O–H groups in total. The maximum Gasteiger partial charge on any atom is 0.270 e. The van der Waals surface area contributed by atoms with Crippen LogP contribution in [-0.2, 0) is 9.59 Å². The average Bonchev–Trinajstić information content (AvgIpc) is 3.00. The summed E-state index contributed by atoms with van der Waals surface area (Å²) in [6, 6.07) is 8.02. The molecule has 2 aliphatic rings. The number of anilines is 1. The van der Waals surface area contributed by atoms with E-state index in [1.807, 2.05) is 25.1 Å². The normalized spacial score (nSPS) is 27.2. The van der Waals surface area contributed by atoms with Crippen molar-refractivity contribution in [3.63, 3.8) is 0 Å². The van der Waals surface area contributed by atoms with E-state index in [0.29, 0.717) is 18.5 Å². The molecule has 2 amide bonds. The Morgan fingerprint density at radius 2 is 2.04 bits per heavy atom. The van der Waals surface area contributed by atoms with Gasteiger partial charge in [0.05, 0.1) is 31.3 Å². The molecule has 27 heavy (non-hydrogen) atoms. The van der Waals surface area contributed by atoms with Gasteiger partial charge in [0.2, 0.25) is 11.6 Å². The number of halogens is 2. The number of likely N-dealkylation sites (tertiary alicyclic amines) is 1. The van der Waals surface area contributed by atoms with E-state index in [9.17, 15) is 9.59 Å². The largest absolute Gasteiger partial charge is 0.335 e. The van der Waals surface area contributed by atoms with Crippen molar-refractivity contribution < 1.29 is 18.4 Å². The summed E-state index contributed by atoms with van der Waals surface area (Å²) in [4.78, 5) is 29.1. The quantitative estimate of drug-likeness (QED) is 0.781. The lowest BCUT2D eigenvalue weighted by Gasteiger charge is -2.23. The summed E-state index contributed by atoms with van der Waals surface area (Å²) in [6.07, 6.45) is 0.772. The van der Waals surface area contributed by atoms with Gasteiger partial charge in [0.15, 0.2) is 5.67 Å². The minimum absolute atomic E-state index is 0.187. The van der Waals surface area contributed by atoms with Crippen LogP contribution in [0.5, 0.6) is 0 Å². The van der Waals surface area contributed by atoms with Crippen molar-refractivity contribution in [3.05, 3.63) is 29.8 Å². The first-order chi connectivity index (χ1) is 12.7. The zero-order chi connectivity index (χ0) is 19.8. The van der Waals surface area contributed by atoms with Crippen LogP contribution < -0.4 is 4.90 Å². The highest BCUT2D eigenvalue weighted by molar-refractivity contribution is 6.05. The minimum atomic E-state index is -2.76. The predicted octanol–water partition coefficient (Wildman–Crippen LogP) is 1.51. The fraction of sp³-hybridized carbons (Fsp3) is 0.526. The van der Waals surface area contributed by atoms with Crippen molar-refractivity contribution in [1.82, 2.24) is 9.80 Å². The summed E-state index contributed by atoms with van der Waals surface area (Å²) in [5.41, 5.74) is -4.63. The van der Waals surface area contributed by atoms with Gasteiger partial charge in [0.25, 0.3) is 5.91 Å². The maximum absolute atomic E-state index is 15.4. The van der Waals surface area contributed by atoms with E-state index in [0.717, 1.165) is 9.80 Å². The van der Waals surface area contributed by atoms with Crippen LogP contribution in [0.15, 0.2) is 24.3 Å². The van der Waals surface area contributed by atoms with Gasteiger partial charge in [-0.05, 0) is 45.3 Å². The molecule has 0 saturated carbocycles. The van der Waals surface area contributed by atoms with Gasteiger partial charge in [-0.3, -0.25) is 9.59 Å². The van der Waals surface area contributed by atoms with Crippen molar-refractivity contribution in [2.75, 3.05) is 45.2 Å². The first-order valence-electron chi connectivity index (χ1n) is 8.83. The number of rotatable bonds is 5. The number of amides is 2. The van der Waals surface area contributed by atoms with Gasteiger partial charge in [-0.25, -0.2) is 8.78 Å². The molecule has 1 aromatic carbocycles. The summed E-state index contributed by atoms with van der Waals surface area (Å²) in [7, 11) is 3.76. The average molecular weight is 376 g/mol. The molecule has 6 nitrogen and oxygen atoms in total. The third-order valence-corrected chi connectivity index (χ3v) is 5.19. The van der Waals surface area contributed by atoms with Crippen molar-refractivity contribution in [3.8, 4) is 6.07 Å². The lowest BCUT2D eigenvalue weighted by Crippen LogP contribution is -2.47. The molecule has 2 saturated heterocycles. The van der Waals surface area contributed by atoms with Crippen LogP contribution in [-0.4, -0.2) is 73.2 Å². The number of carbonyl (C=O) groups is 2. The fourth-order valence-electron chi connectivity index (χ4n) is 3.69. The molecule has 0 spiro atoms. The van der Waals surface area contributed by atoms with E-state index < -0.39 is 36.9 Å². The third kappa shape index (κ3) is 3.28. The summed E-state index contributed by atoms with van der Waals surface area (Å²) in [5, 5.41) is 8.99. The molecule has 144 valence electrons. The molecule has 0 unspecified atom stereocenters. The van der Waals surface area contributed by atoms with Gasteiger partial charge in [0, 0.05) is 12.1 Å². The highest BCUT2D eigenvalue weighted by Crippen LogP contribution is 2.47. The van der Waals surface area contributed by atoms with Gasteiger partial charge in [0.1, 0.15) is 0 Å². The number of fused-ring (bicyclic) bond motifs is 1. The Morgan fingerprint density at radius 3 is 2.67 bits per heavy atom. The Kier molecular flexibility index (Phi) is 4.91. The summed E-state index contributed by atoms with van der Waals surface area (Å²) >= 11 is 0. The number of nitriles is 1. The predicted molar refractivity (Wildman–Crippen MR) is 95.6 cm³/mol.